The Kier molecular flexibility index (Phi) is 4.04. The highest BCUT2D eigenvalue weighted by molar-refractivity contribution is 5.76. The molecule has 0 unspecified atom stereocenters. The molecular formula is C11H18N4O. The van der Waals surface area contributed by atoms with Crippen LogP contribution >= 0.6 is 0 Å². The average Bonchev–Trinajstić information content (AvgIpc) is 2.91. The largest absolute Gasteiger partial charge is 0.381 e. The molecule has 0 spiro atoms. The van der Waals surface area contributed by atoms with Gasteiger partial charge < -0.3 is 4.74 Å². The predicted molar refractivity (Wildman–Crippen MR) is 61.7 cm³/mol. The number of hydrogen-bond acceptors (Lipinski definition) is 4. The van der Waals surface area contributed by atoms with E-state index >= 15 is 0 Å². The van der Waals surface area contributed by atoms with Gasteiger partial charge >= 0.3 is 0 Å². The maximum absolute atomic E-state index is 5.33. The van der Waals surface area contributed by atoms with Crippen molar-refractivity contribution < 1.29 is 4.74 Å². The van der Waals surface area contributed by atoms with E-state index in [-0.39, 0.29) is 0 Å². The van der Waals surface area contributed by atoms with Gasteiger partial charge in [-0.15, -0.1) is 5.10 Å². The predicted octanol–water partition coefficient (Wildman–Crippen LogP) is 1.14. The van der Waals surface area contributed by atoms with Crippen LogP contribution in [0.3, 0.4) is 0 Å². The van der Waals surface area contributed by atoms with Gasteiger partial charge in [-0.05, 0) is 12.8 Å². The molecular weight excluding hydrogens is 204 g/mol. The molecule has 1 aliphatic rings. The summed E-state index contributed by atoms with van der Waals surface area (Å²) in [6.45, 7) is 5.58. The Morgan fingerprint density at radius 2 is 2.62 bits per heavy atom. The van der Waals surface area contributed by atoms with Gasteiger partial charge in [0.15, 0.2) is 0 Å². The second-order valence-corrected chi connectivity index (χ2v) is 4.13. The molecule has 0 radical (unpaired) electrons. The molecule has 0 bridgehead atoms. The van der Waals surface area contributed by atoms with Crippen LogP contribution in [0.15, 0.2) is 11.2 Å². The van der Waals surface area contributed by atoms with Crippen molar-refractivity contribution in [3.05, 3.63) is 11.9 Å². The Bertz CT molecular complexity index is 342. The lowest BCUT2D eigenvalue weighted by molar-refractivity contribution is 0.181. The van der Waals surface area contributed by atoms with Crippen LogP contribution in [0.25, 0.3) is 0 Å². The van der Waals surface area contributed by atoms with E-state index in [4.69, 9.17) is 4.74 Å². The first-order valence-corrected chi connectivity index (χ1v) is 5.86. The molecule has 1 aromatic rings. The minimum absolute atomic E-state index is 0.585. The summed E-state index contributed by atoms with van der Waals surface area (Å²) < 4.78 is 7.21. The summed E-state index contributed by atoms with van der Waals surface area (Å²) in [4.78, 5) is 4.24. The molecule has 5 nitrogen and oxygen atoms in total. The second-order valence-electron chi connectivity index (χ2n) is 4.13. The van der Waals surface area contributed by atoms with Crippen molar-refractivity contribution in [1.82, 2.24) is 15.0 Å². The van der Waals surface area contributed by atoms with Crippen molar-refractivity contribution in [2.75, 3.05) is 19.8 Å². The molecule has 1 fully saturated rings. The molecule has 1 aromatic heterocycles. The molecule has 1 aliphatic heterocycles. The molecule has 16 heavy (non-hydrogen) atoms. The van der Waals surface area contributed by atoms with Crippen molar-refractivity contribution in [3.8, 4) is 0 Å². The highest BCUT2D eigenvalue weighted by Gasteiger charge is 2.16. The van der Waals surface area contributed by atoms with Gasteiger partial charge in [-0.1, -0.05) is 12.1 Å². The Morgan fingerprint density at radius 3 is 3.38 bits per heavy atom. The first-order valence-electron chi connectivity index (χ1n) is 5.86. The first-order chi connectivity index (χ1) is 7.88. The van der Waals surface area contributed by atoms with E-state index < -0.39 is 0 Å². The van der Waals surface area contributed by atoms with E-state index in [1.807, 2.05) is 10.9 Å². The van der Waals surface area contributed by atoms with E-state index in [2.05, 4.69) is 22.2 Å². The number of rotatable bonds is 5. The summed E-state index contributed by atoms with van der Waals surface area (Å²) in [6, 6.07) is 0. The molecule has 0 N–H and O–H groups in total. The van der Waals surface area contributed by atoms with Crippen LogP contribution in [0.5, 0.6) is 0 Å². The maximum atomic E-state index is 5.33. The minimum atomic E-state index is 0.585. The molecule has 5 heteroatoms. The van der Waals surface area contributed by atoms with Gasteiger partial charge in [0.05, 0.1) is 19.0 Å². The fourth-order valence-corrected chi connectivity index (χ4v) is 1.74. The quantitative estimate of drug-likeness (QED) is 0.702. The van der Waals surface area contributed by atoms with Crippen molar-refractivity contribution in [2.45, 2.75) is 26.3 Å². The molecule has 2 rings (SSSR count). The van der Waals surface area contributed by atoms with Gasteiger partial charge in [-0.25, -0.2) is 0 Å². The van der Waals surface area contributed by atoms with Crippen LogP contribution in [0.4, 0.5) is 0 Å². The van der Waals surface area contributed by atoms with E-state index in [1.54, 1.807) is 6.21 Å². The standard InChI is InChI=1S/C11H18N4O/c1-2-4-12-6-11-8-15(14-13-11)7-10-3-5-16-9-10/h6,8,10H,2-5,7,9H2,1H3/t10-/m1/s1. The smallest absolute Gasteiger partial charge is 0.123 e. The van der Waals surface area contributed by atoms with Crippen LogP contribution in [-0.4, -0.2) is 41.0 Å². The third-order valence-corrected chi connectivity index (χ3v) is 2.60. The van der Waals surface area contributed by atoms with Crippen LogP contribution in [0.1, 0.15) is 25.5 Å². The number of hydrogen-bond donors (Lipinski definition) is 0. The van der Waals surface area contributed by atoms with Crippen LogP contribution in [-0.2, 0) is 11.3 Å². The third kappa shape index (κ3) is 3.13. The fourth-order valence-electron chi connectivity index (χ4n) is 1.74. The molecule has 1 atom stereocenters. The van der Waals surface area contributed by atoms with Crippen LogP contribution in [0, 0.1) is 5.92 Å². The van der Waals surface area contributed by atoms with Gasteiger partial charge in [-0.2, -0.15) is 0 Å². The molecule has 0 saturated carbocycles. The number of aromatic nitrogens is 3. The lowest BCUT2D eigenvalue weighted by Crippen LogP contribution is -2.11. The molecule has 0 amide bonds. The SMILES string of the molecule is CCCN=Cc1cn(C[C@H]2CCOC2)nn1. The summed E-state index contributed by atoms with van der Waals surface area (Å²) in [5.41, 5.74) is 0.840. The molecule has 2 heterocycles. The zero-order valence-electron chi connectivity index (χ0n) is 9.67. The number of nitrogens with zero attached hydrogens (tertiary/aromatic N) is 4. The number of aliphatic imine (C=N–C) groups is 1. The van der Waals surface area contributed by atoms with E-state index in [1.165, 1.54) is 0 Å². The summed E-state index contributed by atoms with van der Waals surface area (Å²) in [7, 11) is 0. The molecule has 0 aliphatic carbocycles. The zero-order chi connectivity index (χ0) is 11.2. The van der Waals surface area contributed by atoms with E-state index in [9.17, 15) is 0 Å². The topological polar surface area (TPSA) is 52.3 Å². The normalized spacial score (nSPS) is 20.9. The lowest BCUT2D eigenvalue weighted by atomic mass is 10.1. The Morgan fingerprint density at radius 1 is 1.69 bits per heavy atom. The highest BCUT2D eigenvalue weighted by atomic mass is 16.5. The fraction of sp³-hybridized carbons (Fsp3) is 0.727. The summed E-state index contributed by atoms with van der Waals surface area (Å²) in [5, 5.41) is 8.13. The Labute approximate surface area is 95.5 Å². The average molecular weight is 222 g/mol. The van der Waals surface area contributed by atoms with Crippen molar-refractivity contribution in [1.29, 1.82) is 0 Å². The highest BCUT2D eigenvalue weighted by Crippen LogP contribution is 2.13. The number of ether oxygens (including phenoxy) is 1. The van der Waals surface area contributed by atoms with Crippen molar-refractivity contribution >= 4 is 6.21 Å². The van der Waals surface area contributed by atoms with E-state index in [0.717, 1.165) is 44.8 Å². The third-order valence-electron chi connectivity index (χ3n) is 2.60. The summed E-state index contributed by atoms with van der Waals surface area (Å²) in [6.07, 6.45) is 5.92. The monoisotopic (exact) mass is 222 g/mol. The Balaban J connectivity index is 1.86. The zero-order valence-corrected chi connectivity index (χ0v) is 9.67. The molecule has 88 valence electrons. The van der Waals surface area contributed by atoms with Gasteiger partial charge in [0, 0.05) is 25.6 Å². The Hall–Kier alpha value is -1.23. The maximum Gasteiger partial charge on any atom is 0.123 e. The van der Waals surface area contributed by atoms with Gasteiger partial charge in [0.1, 0.15) is 5.69 Å². The van der Waals surface area contributed by atoms with Gasteiger partial charge in [-0.3, -0.25) is 9.67 Å². The molecule has 1 saturated heterocycles. The molecule has 0 aromatic carbocycles. The van der Waals surface area contributed by atoms with Gasteiger partial charge in [0.2, 0.25) is 0 Å². The summed E-state index contributed by atoms with van der Waals surface area (Å²) >= 11 is 0. The van der Waals surface area contributed by atoms with E-state index in [0.29, 0.717) is 5.92 Å². The summed E-state index contributed by atoms with van der Waals surface area (Å²) in [5.74, 6) is 0.585. The van der Waals surface area contributed by atoms with Crippen LogP contribution in [0.2, 0.25) is 0 Å². The minimum Gasteiger partial charge on any atom is -0.381 e. The van der Waals surface area contributed by atoms with Crippen molar-refractivity contribution in [2.24, 2.45) is 10.9 Å². The van der Waals surface area contributed by atoms with Crippen molar-refractivity contribution in [3.63, 3.8) is 0 Å². The second kappa shape index (κ2) is 5.75. The van der Waals surface area contributed by atoms with Crippen LogP contribution < -0.4 is 0 Å². The lowest BCUT2D eigenvalue weighted by Gasteiger charge is -2.05. The first kappa shape index (κ1) is 11.3. The van der Waals surface area contributed by atoms with Gasteiger partial charge in [0.25, 0.3) is 0 Å².